The van der Waals surface area contributed by atoms with Crippen molar-refractivity contribution in [3.63, 3.8) is 0 Å². The van der Waals surface area contributed by atoms with Crippen molar-refractivity contribution >= 4 is 15.7 Å². The molecule has 0 radical (unpaired) electrons. The molecular formula is C17H20N2O4S. The van der Waals surface area contributed by atoms with Gasteiger partial charge in [0.15, 0.2) is 5.76 Å². The van der Waals surface area contributed by atoms with Crippen LogP contribution in [0.2, 0.25) is 0 Å². The Labute approximate surface area is 141 Å². The van der Waals surface area contributed by atoms with Crippen molar-refractivity contribution in [2.45, 2.75) is 16.9 Å². The lowest BCUT2D eigenvalue weighted by atomic mass is 10.2. The molecule has 2 heterocycles. The van der Waals surface area contributed by atoms with E-state index in [2.05, 4.69) is 4.90 Å². The number of benzene rings is 1. The fourth-order valence-corrected chi connectivity index (χ4v) is 3.75. The number of hydrogen-bond donors (Lipinski definition) is 0. The molecular weight excluding hydrogens is 328 g/mol. The largest absolute Gasteiger partial charge is 0.439 e. The smallest absolute Gasteiger partial charge is 0.289 e. The van der Waals surface area contributed by atoms with Crippen LogP contribution >= 0.6 is 0 Å². The number of amides is 1. The van der Waals surface area contributed by atoms with E-state index < -0.39 is 9.84 Å². The Morgan fingerprint density at radius 2 is 1.62 bits per heavy atom. The average molecular weight is 348 g/mol. The van der Waals surface area contributed by atoms with Crippen LogP contribution < -0.4 is 0 Å². The van der Waals surface area contributed by atoms with Crippen LogP contribution in [-0.4, -0.2) is 57.4 Å². The molecule has 0 atom stereocenters. The fourth-order valence-electron chi connectivity index (χ4n) is 2.58. The van der Waals surface area contributed by atoms with Gasteiger partial charge >= 0.3 is 0 Å². The molecule has 7 heteroatoms. The third-order valence-electron chi connectivity index (χ3n) is 4.18. The zero-order valence-electron chi connectivity index (χ0n) is 13.7. The summed E-state index contributed by atoms with van der Waals surface area (Å²) in [5, 5.41) is -0.205. The topological polar surface area (TPSA) is 70.8 Å². The Kier molecular flexibility index (Phi) is 4.47. The van der Waals surface area contributed by atoms with E-state index in [-0.39, 0.29) is 21.7 Å². The number of hydrogen-bond acceptors (Lipinski definition) is 5. The van der Waals surface area contributed by atoms with E-state index in [4.69, 9.17) is 4.42 Å². The van der Waals surface area contributed by atoms with Gasteiger partial charge in [-0.05, 0) is 38.2 Å². The summed E-state index contributed by atoms with van der Waals surface area (Å²) in [6.45, 7) is 4.68. The summed E-state index contributed by atoms with van der Waals surface area (Å²) in [5.41, 5.74) is 0.972. The number of nitrogens with zero attached hydrogens (tertiary/aromatic N) is 2. The van der Waals surface area contributed by atoms with Crippen molar-refractivity contribution in [2.24, 2.45) is 0 Å². The van der Waals surface area contributed by atoms with Crippen LogP contribution in [0.15, 0.2) is 50.8 Å². The van der Waals surface area contributed by atoms with Gasteiger partial charge in [-0.2, -0.15) is 0 Å². The van der Waals surface area contributed by atoms with Crippen molar-refractivity contribution in [1.29, 1.82) is 0 Å². The number of carbonyl (C=O) groups excluding carboxylic acids is 1. The van der Waals surface area contributed by atoms with Crippen molar-refractivity contribution in [1.82, 2.24) is 9.80 Å². The molecule has 0 aliphatic carbocycles. The van der Waals surface area contributed by atoms with Crippen molar-refractivity contribution in [3.8, 4) is 0 Å². The summed E-state index contributed by atoms with van der Waals surface area (Å²) in [5.74, 6) is -0.210. The maximum Gasteiger partial charge on any atom is 0.289 e. The molecule has 0 unspecified atom stereocenters. The molecule has 24 heavy (non-hydrogen) atoms. The van der Waals surface area contributed by atoms with Gasteiger partial charge in [-0.15, -0.1) is 0 Å². The SMILES string of the molecule is Cc1ccc(S(=O)(=O)c2ccc(C(=O)N3CCN(C)CC3)o2)cc1. The van der Waals surface area contributed by atoms with Crippen LogP contribution in [0.5, 0.6) is 0 Å². The van der Waals surface area contributed by atoms with E-state index in [1.165, 1.54) is 24.3 Å². The van der Waals surface area contributed by atoms with E-state index in [9.17, 15) is 13.2 Å². The van der Waals surface area contributed by atoms with Crippen molar-refractivity contribution in [3.05, 3.63) is 47.7 Å². The Morgan fingerprint density at radius 1 is 1.00 bits per heavy atom. The molecule has 0 bridgehead atoms. The van der Waals surface area contributed by atoms with Gasteiger partial charge in [0.25, 0.3) is 5.91 Å². The highest BCUT2D eigenvalue weighted by molar-refractivity contribution is 7.91. The lowest BCUT2D eigenvalue weighted by molar-refractivity contribution is 0.0627. The molecule has 1 aromatic carbocycles. The normalized spacial score (nSPS) is 16.3. The van der Waals surface area contributed by atoms with Crippen LogP contribution in [0.3, 0.4) is 0 Å². The summed E-state index contributed by atoms with van der Waals surface area (Å²) in [6, 6.07) is 9.31. The molecule has 1 amide bonds. The molecule has 1 aliphatic rings. The minimum atomic E-state index is -3.75. The predicted molar refractivity (Wildman–Crippen MR) is 88.7 cm³/mol. The van der Waals surface area contributed by atoms with E-state index >= 15 is 0 Å². The minimum absolute atomic E-state index is 0.0604. The first kappa shape index (κ1) is 16.7. The van der Waals surface area contributed by atoms with Crippen LogP contribution in [0.1, 0.15) is 16.1 Å². The molecule has 0 spiro atoms. The number of rotatable bonds is 3. The number of likely N-dealkylation sites (N-methyl/N-ethyl adjacent to an activating group) is 1. The predicted octanol–water partition coefficient (Wildman–Crippen LogP) is 1.81. The highest BCUT2D eigenvalue weighted by Crippen LogP contribution is 2.24. The Morgan fingerprint density at radius 3 is 2.25 bits per heavy atom. The first-order valence-corrected chi connectivity index (χ1v) is 9.25. The van der Waals surface area contributed by atoms with Crippen molar-refractivity contribution < 1.29 is 17.6 Å². The molecule has 6 nitrogen and oxygen atoms in total. The van der Waals surface area contributed by atoms with Gasteiger partial charge in [0.05, 0.1) is 4.90 Å². The summed E-state index contributed by atoms with van der Waals surface area (Å²) in [4.78, 5) is 16.4. The lowest BCUT2D eigenvalue weighted by Crippen LogP contribution is -2.47. The molecule has 1 aromatic heterocycles. The third kappa shape index (κ3) is 3.22. The van der Waals surface area contributed by atoms with Gasteiger partial charge in [-0.3, -0.25) is 4.79 Å². The maximum absolute atomic E-state index is 12.6. The van der Waals surface area contributed by atoms with Gasteiger partial charge in [-0.1, -0.05) is 17.7 Å². The minimum Gasteiger partial charge on any atom is -0.439 e. The highest BCUT2D eigenvalue weighted by atomic mass is 32.2. The van der Waals surface area contributed by atoms with Crippen LogP contribution in [0, 0.1) is 6.92 Å². The Hall–Kier alpha value is -2.12. The first-order chi connectivity index (χ1) is 11.4. The van der Waals surface area contributed by atoms with Gasteiger partial charge in [0, 0.05) is 26.2 Å². The average Bonchev–Trinajstić information content (AvgIpc) is 3.06. The molecule has 128 valence electrons. The second kappa shape index (κ2) is 6.41. The van der Waals surface area contributed by atoms with E-state index in [0.29, 0.717) is 13.1 Å². The number of carbonyl (C=O) groups is 1. The van der Waals surface area contributed by atoms with Gasteiger partial charge in [-0.25, -0.2) is 8.42 Å². The standard InChI is InChI=1S/C17H20N2O4S/c1-13-3-5-14(6-4-13)24(21,22)16-8-7-15(23-16)17(20)19-11-9-18(2)10-12-19/h3-8H,9-12H2,1-2H3. The zero-order valence-corrected chi connectivity index (χ0v) is 14.5. The van der Waals surface area contributed by atoms with E-state index in [1.807, 2.05) is 14.0 Å². The summed E-state index contributed by atoms with van der Waals surface area (Å²) in [6.07, 6.45) is 0. The van der Waals surface area contributed by atoms with Crippen molar-refractivity contribution in [2.75, 3.05) is 33.2 Å². The van der Waals surface area contributed by atoms with Crippen LogP contribution in [-0.2, 0) is 9.84 Å². The maximum atomic E-state index is 12.6. The van der Waals surface area contributed by atoms with Crippen LogP contribution in [0.4, 0.5) is 0 Å². The highest BCUT2D eigenvalue weighted by Gasteiger charge is 2.26. The lowest BCUT2D eigenvalue weighted by Gasteiger charge is -2.31. The van der Waals surface area contributed by atoms with E-state index in [1.54, 1.807) is 17.0 Å². The summed E-state index contributed by atoms with van der Waals surface area (Å²) < 4.78 is 30.5. The summed E-state index contributed by atoms with van der Waals surface area (Å²) in [7, 11) is -1.75. The number of furan rings is 1. The van der Waals surface area contributed by atoms with Gasteiger partial charge in [0.2, 0.25) is 14.9 Å². The monoisotopic (exact) mass is 348 g/mol. The first-order valence-electron chi connectivity index (χ1n) is 7.77. The van der Waals surface area contributed by atoms with Gasteiger partial charge < -0.3 is 14.2 Å². The second-order valence-corrected chi connectivity index (χ2v) is 7.91. The van der Waals surface area contributed by atoms with E-state index in [0.717, 1.165) is 18.7 Å². The van der Waals surface area contributed by atoms with Gasteiger partial charge in [0.1, 0.15) is 0 Å². The van der Waals surface area contributed by atoms with Crippen LogP contribution in [0.25, 0.3) is 0 Å². The molecule has 3 rings (SSSR count). The fraction of sp³-hybridized carbons (Fsp3) is 0.353. The number of sulfone groups is 1. The molecule has 1 aliphatic heterocycles. The zero-order chi connectivity index (χ0) is 17.3. The summed E-state index contributed by atoms with van der Waals surface area (Å²) >= 11 is 0. The number of piperazine rings is 1. The molecule has 0 saturated carbocycles. The Balaban J connectivity index is 1.82. The molecule has 2 aromatic rings. The third-order valence-corrected chi connectivity index (χ3v) is 5.82. The molecule has 1 fully saturated rings. The molecule has 0 N–H and O–H groups in total. The Bertz CT molecular complexity index is 832. The molecule has 1 saturated heterocycles. The second-order valence-electron chi connectivity index (χ2n) is 6.03. The number of aryl methyl sites for hydroxylation is 1. The quantitative estimate of drug-likeness (QED) is 0.846.